The molecule has 1 saturated carbocycles. The summed E-state index contributed by atoms with van der Waals surface area (Å²) in [5.74, 6) is -0.0505. The van der Waals surface area contributed by atoms with Crippen LogP contribution in [0.25, 0.3) is 0 Å². The molecule has 0 bridgehead atoms. The van der Waals surface area contributed by atoms with Crippen molar-refractivity contribution in [3.8, 4) is 0 Å². The molecule has 2 rings (SSSR count). The first-order valence-electron chi connectivity index (χ1n) is 6.36. The summed E-state index contributed by atoms with van der Waals surface area (Å²) in [5, 5.41) is 3.33. The number of hydrogen-bond acceptors (Lipinski definition) is 3. The van der Waals surface area contributed by atoms with E-state index in [0.717, 1.165) is 24.8 Å². The van der Waals surface area contributed by atoms with E-state index < -0.39 is 0 Å². The lowest BCUT2D eigenvalue weighted by atomic mass is 9.77. The van der Waals surface area contributed by atoms with Crippen molar-refractivity contribution in [2.75, 3.05) is 18.2 Å². The van der Waals surface area contributed by atoms with Crippen LogP contribution in [0.4, 0.5) is 11.4 Å². The van der Waals surface area contributed by atoms with Crippen molar-refractivity contribution < 1.29 is 9.53 Å². The van der Waals surface area contributed by atoms with Gasteiger partial charge in [-0.15, -0.1) is 0 Å². The molecule has 1 amide bonds. The minimum Gasteiger partial charge on any atom is -0.398 e. The lowest BCUT2D eigenvalue weighted by molar-refractivity contribution is -0.129. The van der Waals surface area contributed by atoms with Crippen molar-refractivity contribution in [1.82, 2.24) is 0 Å². The summed E-state index contributed by atoms with van der Waals surface area (Å²) in [7, 11) is 1.66. The van der Waals surface area contributed by atoms with Gasteiger partial charge in [0.1, 0.15) is 0 Å². The monoisotopic (exact) mass is 282 g/mol. The molecule has 1 aromatic carbocycles. The van der Waals surface area contributed by atoms with Gasteiger partial charge < -0.3 is 15.8 Å². The summed E-state index contributed by atoms with van der Waals surface area (Å²) in [6.07, 6.45) is 3.38. The topological polar surface area (TPSA) is 64.3 Å². The molecule has 0 aromatic heterocycles. The molecular weight excluding hydrogens is 264 g/mol. The van der Waals surface area contributed by atoms with Gasteiger partial charge in [0, 0.05) is 12.8 Å². The zero-order chi connectivity index (χ0) is 14.0. The lowest BCUT2D eigenvalue weighted by Crippen LogP contribution is -2.42. The van der Waals surface area contributed by atoms with E-state index in [9.17, 15) is 4.79 Å². The predicted octanol–water partition coefficient (Wildman–Crippen LogP) is 3.13. The van der Waals surface area contributed by atoms with E-state index in [0.29, 0.717) is 22.8 Å². The van der Waals surface area contributed by atoms with Crippen molar-refractivity contribution in [3.63, 3.8) is 0 Å². The number of nitrogens with two attached hydrogens (primary N) is 1. The minimum absolute atomic E-state index is 0.0505. The second-order valence-corrected chi connectivity index (χ2v) is 5.56. The Morgan fingerprint density at radius 1 is 1.53 bits per heavy atom. The average molecular weight is 283 g/mol. The van der Waals surface area contributed by atoms with Crippen LogP contribution in [0.5, 0.6) is 0 Å². The fourth-order valence-corrected chi connectivity index (χ4v) is 2.51. The quantitative estimate of drug-likeness (QED) is 0.834. The van der Waals surface area contributed by atoms with Crippen LogP contribution in [-0.4, -0.2) is 18.6 Å². The molecule has 1 fully saturated rings. The number of carbonyl (C=O) groups excluding carboxylic acids is 1. The number of nitrogen functional groups attached to an aromatic ring is 1. The summed E-state index contributed by atoms with van der Waals surface area (Å²) < 4.78 is 5.45. The summed E-state index contributed by atoms with van der Waals surface area (Å²) >= 11 is 5.97. The highest BCUT2D eigenvalue weighted by Crippen LogP contribution is 2.38. The summed E-state index contributed by atoms with van der Waals surface area (Å²) in [6.45, 7) is 1.89. The highest BCUT2D eigenvalue weighted by Gasteiger charge is 2.39. The Kier molecular flexibility index (Phi) is 4.02. The maximum atomic E-state index is 12.1. The number of hydrogen-bond donors (Lipinski definition) is 2. The molecule has 0 aliphatic heterocycles. The lowest BCUT2D eigenvalue weighted by Gasteiger charge is -2.39. The molecule has 0 atom stereocenters. The molecule has 0 unspecified atom stereocenters. The average Bonchev–Trinajstić information content (AvgIpc) is 2.31. The Morgan fingerprint density at radius 2 is 2.21 bits per heavy atom. The molecule has 0 saturated heterocycles. The number of nitrogens with one attached hydrogen (secondary N) is 1. The van der Waals surface area contributed by atoms with Gasteiger partial charge in [0.05, 0.1) is 22.7 Å². The van der Waals surface area contributed by atoms with Gasteiger partial charge in [-0.2, -0.15) is 0 Å². The first-order chi connectivity index (χ1) is 8.96. The minimum atomic E-state index is -0.268. The smallest absolute Gasteiger partial charge is 0.227 e. The van der Waals surface area contributed by atoms with Crippen molar-refractivity contribution in [3.05, 3.63) is 22.7 Å². The van der Waals surface area contributed by atoms with Gasteiger partial charge in [-0.3, -0.25) is 4.79 Å². The van der Waals surface area contributed by atoms with E-state index in [1.807, 2.05) is 6.92 Å². The van der Waals surface area contributed by atoms with E-state index in [-0.39, 0.29) is 11.5 Å². The molecule has 0 radical (unpaired) electrons. The van der Waals surface area contributed by atoms with Crippen molar-refractivity contribution in [2.45, 2.75) is 38.2 Å². The van der Waals surface area contributed by atoms with Gasteiger partial charge in [0.15, 0.2) is 0 Å². The molecule has 3 N–H and O–H groups in total. The van der Waals surface area contributed by atoms with Gasteiger partial charge in [-0.05, 0) is 43.9 Å². The van der Waals surface area contributed by atoms with E-state index in [1.54, 1.807) is 19.2 Å². The van der Waals surface area contributed by atoms with Crippen LogP contribution in [0.15, 0.2) is 12.1 Å². The Labute approximate surface area is 118 Å². The molecule has 0 heterocycles. The fraction of sp³-hybridized carbons (Fsp3) is 0.500. The number of anilines is 2. The van der Waals surface area contributed by atoms with Crippen LogP contribution < -0.4 is 11.1 Å². The highest BCUT2D eigenvalue weighted by molar-refractivity contribution is 6.33. The standard InChI is InChI=1S/C14H19ClN2O2/c1-9-6-11(16)10(15)7-12(9)17-13(18)8-14(19-2)4-3-5-14/h6-7H,3-5,8,16H2,1-2H3,(H,17,18). The van der Waals surface area contributed by atoms with Crippen molar-refractivity contribution in [2.24, 2.45) is 0 Å². The van der Waals surface area contributed by atoms with Gasteiger partial charge >= 0.3 is 0 Å². The van der Waals surface area contributed by atoms with Crippen LogP contribution in [0.3, 0.4) is 0 Å². The Hall–Kier alpha value is -1.26. The van der Waals surface area contributed by atoms with Crippen molar-refractivity contribution in [1.29, 1.82) is 0 Å². The first-order valence-corrected chi connectivity index (χ1v) is 6.74. The molecule has 4 nitrogen and oxygen atoms in total. The Bertz CT molecular complexity index is 493. The second kappa shape index (κ2) is 5.39. The van der Waals surface area contributed by atoms with Crippen LogP contribution >= 0.6 is 11.6 Å². The third kappa shape index (κ3) is 3.01. The summed E-state index contributed by atoms with van der Waals surface area (Å²) in [5.41, 5.74) is 7.56. The second-order valence-electron chi connectivity index (χ2n) is 5.15. The first kappa shape index (κ1) is 14.2. The van der Waals surface area contributed by atoms with Crippen LogP contribution in [0.2, 0.25) is 5.02 Å². The zero-order valence-corrected chi connectivity index (χ0v) is 12.0. The number of halogens is 1. The van der Waals surface area contributed by atoms with E-state index in [4.69, 9.17) is 22.1 Å². The molecule has 5 heteroatoms. The maximum Gasteiger partial charge on any atom is 0.227 e. The van der Waals surface area contributed by atoms with E-state index in [2.05, 4.69) is 5.32 Å². The predicted molar refractivity (Wildman–Crippen MR) is 77.4 cm³/mol. The van der Waals surface area contributed by atoms with Gasteiger partial charge in [0.25, 0.3) is 0 Å². The van der Waals surface area contributed by atoms with Gasteiger partial charge in [-0.25, -0.2) is 0 Å². The normalized spacial score (nSPS) is 16.8. The number of amides is 1. The third-order valence-electron chi connectivity index (χ3n) is 3.80. The van der Waals surface area contributed by atoms with Gasteiger partial charge in [0.2, 0.25) is 5.91 Å². The Morgan fingerprint density at radius 3 is 2.74 bits per heavy atom. The highest BCUT2D eigenvalue weighted by atomic mass is 35.5. The summed E-state index contributed by atoms with van der Waals surface area (Å²) in [6, 6.07) is 3.44. The number of benzene rings is 1. The Balaban J connectivity index is 2.05. The SMILES string of the molecule is COC1(CC(=O)Nc2cc(Cl)c(N)cc2C)CCC1. The third-order valence-corrected chi connectivity index (χ3v) is 4.13. The molecular formula is C14H19ClN2O2. The number of methoxy groups -OCH3 is 1. The molecule has 19 heavy (non-hydrogen) atoms. The van der Waals surface area contributed by atoms with Crippen LogP contribution in [0, 0.1) is 6.92 Å². The zero-order valence-electron chi connectivity index (χ0n) is 11.3. The molecule has 0 spiro atoms. The molecule has 1 aliphatic carbocycles. The fourth-order valence-electron chi connectivity index (χ4n) is 2.35. The largest absolute Gasteiger partial charge is 0.398 e. The number of ether oxygens (including phenoxy) is 1. The van der Waals surface area contributed by atoms with Crippen molar-refractivity contribution >= 4 is 28.9 Å². The number of aryl methyl sites for hydroxylation is 1. The number of carbonyl (C=O) groups is 1. The van der Waals surface area contributed by atoms with Crippen LogP contribution in [-0.2, 0) is 9.53 Å². The van der Waals surface area contributed by atoms with E-state index in [1.165, 1.54) is 0 Å². The van der Waals surface area contributed by atoms with Crippen LogP contribution in [0.1, 0.15) is 31.2 Å². The molecule has 1 aliphatic rings. The maximum absolute atomic E-state index is 12.1. The number of rotatable bonds is 4. The molecule has 104 valence electrons. The van der Waals surface area contributed by atoms with E-state index >= 15 is 0 Å². The van der Waals surface area contributed by atoms with Gasteiger partial charge in [-0.1, -0.05) is 11.6 Å². The molecule has 1 aromatic rings. The summed E-state index contributed by atoms with van der Waals surface area (Å²) in [4.78, 5) is 12.1.